The minimum atomic E-state index is -3.49. The number of aromatic nitrogens is 1. The van der Waals surface area contributed by atoms with Crippen LogP contribution in [0.3, 0.4) is 0 Å². The molecule has 0 radical (unpaired) electrons. The zero-order valence-corrected chi connectivity index (χ0v) is 16.7. The molecule has 1 aromatic heterocycles. The van der Waals surface area contributed by atoms with Crippen molar-refractivity contribution in [1.82, 2.24) is 4.31 Å². The van der Waals surface area contributed by atoms with Crippen LogP contribution in [0.5, 0.6) is 0 Å². The summed E-state index contributed by atoms with van der Waals surface area (Å²) < 4.78 is 28.8. The molecule has 1 fully saturated rings. The van der Waals surface area contributed by atoms with Gasteiger partial charge in [0, 0.05) is 30.4 Å². The van der Waals surface area contributed by atoms with Gasteiger partial charge in [-0.1, -0.05) is 6.07 Å². The quantitative estimate of drug-likeness (QED) is 0.783. The molecule has 1 amide bonds. The number of anilines is 1. The average Bonchev–Trinajstić information content (AvgIpc) is 3.24. The Balaban J connectivity index is 1.45. The first kappa shape index (κ1) is 19.1. The van der Waals surface area contributed by atoms with E-state index in [0.29, 0.717) is 18.8 Å². The molecule has 4 rings (SSSR count). The summed E-state index contributed by atoms with van der Waals surface area (Å²) in [5, 5.41) is 2.83. The van der Waals surface area contributed by atoms with E-state index in [1.165, 1.54) is 28.3 Å². The second-order valence-corrected chi connectivity index (χ2v) is 9.50. The standard InChI is InChI=1S/C21H25N3O3S/c25-21(16-23-13-10-17-6-1-2-7-18(17)15-23)22-19-8-5-9-20(14-19)28(26,27)24-11-3-4-12-24/h5,8-10,13-15H,1-4,6-7,11-12,16H2/p+1. The molecule has 0 spiro atoms. The van der Waals surface area contributed by atoms with E-state index in [-0.39, 0.29) is 17.3 Å². The van der Waals surface area contributed by atoms with Crippen LogP contribution >= 0.6 is 0 Å². The van der Waals surface area contributed by atoms with Crippen LogP contribution in [0.4, 0.5) is 5.69 Å². The number of aryl methyl sites for hydroxylation is 2. The van der Waals surface area contributed by atoms with E-state index < -0.39 is 10.0 Å². The van der Waals surface area contributed by atoms with Crippen LogP contribution in [-0.4, -0.2) is 31.7 Å². The monoisotopic (exact) mass is 400 g/mol. The highest BCUT2D eigenvalue weighted by Crippen LogP contribution is 2.23. The zero-order valence-electron chi connectivity index (χ0n) is 15.9. The summed E-state index contributed by atoms with van der Waals surface area (Å²) in [5.74, 6) is -0.170. The van der Waals surface area contributed by atoms with Crippen molar-refractivity contribution in [3.63, 3.8) is 0 Å². The van der Waals surface area contributed by atoms with Gasteiger partial charge in [-0.25, -0.2) is 8.42 Å². The van der Waals surface area contributed by atoms with E-state index in [1.807, 2.05) is 10.8 Å². The van der Waals surface area contributed by atoms with E-state index >= 15 is 0 Å². The predicted molar refractivity (Wildman–Crippen MR) is 106 cm³/mol. The highest BCUT2D eigenvalue weighted by atomic mass is 32.2. The number of benzene rings is 1. The Morgan fingerprint density at radius 1 is 1.04 bits per heavy atom. The summed E-state index contributed by atoms with van der Waals surface area (Å²) in [5.41, 5.74) is 3.20. The minimum absolute atomic E-state index is 0.170. The fourth-order valence-electron chi connectivity index (χ4n) is 4.00. The van der Waals surface area contributed by atoms with Crippen molar-refractivity contribution in [2.45, 2.75) is 50.0 Å². The van der Waals surface area contributed by atoms with Gasteiger partial charge in [-0.05, 0) is 62.3 Å². The van der Waals surface area contributed by atoms with Gasteiger partial charge >= 0.3 is 0 Å². The van der Waals surface area contributed by atoms with Crippen LogP contribution in [0.25, 0.3) is 0 Å². The molecule has 2 aliphatic rings. The smallest absolute Gasteiger partial charge is 0.290 e. The third-order valence-electron chi connectivity index (χ3n) is 5.49. The number of nitrogens with one attached hydrogen (secondary N) is 1. The molecule has 1 saturated heterocycles. The fourth-order valence-corrected chi connectivity index (χ4v) is 5.56. The third kappa shape index (κ3) is 4.10. The van der Waals surface area contributed by atoms with E-state index in [9.17, 15) is 13.2 Å². The molecule has 6 nitrogen and oxygen atoms in total. The maximum Gasteiger partial charge on any atom is 0.290 e. The molecule has 7 heteroatoms. The molecular formula is C21H26N3O3S+. The first-order valence-electron chi connectivity index (χ1n) is 9.93. The van der Waals surface area contributed by atoms with Crippen molar-refractivity contribution >= 4 is 21.6 Å². The topological polar surface area (TPSA) is 70.4 Å². The van der Waals surface area contributed by atoms with Crippen LogP contribution in [0.15, 0.2) is 47.6 Å². The van der Waals surface area contributed by atoms with Crippen molar-refractivity contribution < 1.29 is 17.8 Å². The van der Waals surface area contributed by atoms with Gasteiger partial charge in [0.1, 0.15) is 0 Å². The number of fused-ring (bicyclic) bond motifs is 1. The van der Waals surface area contributed by atoms with Crippen LogP contribution in [0.1, 0.15) is 36.8 Å². The number of carbonyl (C=O) groups excluding carboxylic acids is 1. The molecular weight excluding hydrogens is 374 g/mol. The summed E-state index contributed by atoms with van der Waals surface area (Å²) in [7, 11) is -3.49. The Labute approximate surface area is 166 Å². The number of rotatable bonds is 5. The Kier molecular flexibility index (Phi) is 5.46. The zero-order chi connectivity index (χ0) is 19.6. The molecule has 1 aliphatic carbocycles. The van der Waals surface area contributed by atoms with E-state index in [2.05, 4.69) is 17.6 Å². The number of nitrogens with zero attached hydrogens (tertiary/aromatic N) is 2. The van der Waals surface area contributed by atoms with Crippen molar-refractivity contribution in [2.24, 2.45) is 0 Å². The van der Waals surface area contributed by atoms with E-state index in [4.69, 9.17) is 0 Å². The van der Waals surface area contributed by atoms with Crippen LogP contribution in [-0.2, 0) is 34.2 Å². The summed E-state index contributed by atoms with van der Waals surface area (Å²) in [6.45, 7) is 1.33. The molecule has 1 aromatic carbocycles. The predicted octanol–water partition coefficient (Wildman–Crippen LogP) is 2.28. The number of amides is 1. The normalized spacial score (nSPS) is 17.3. The van der Waals surface area contributed by atoms with Gasteiger partial charge < -0.3 is 5.32 Å². The summed E-state index contributed by atoms with van der Waals surface area (Å²) in [4.78, 5) is 12.7. The molecule has 2 heterocycles. The van der Waals surface area contributed by atoms with Crippen molar-refractivity contribution in [1.29, 1.82) is 0 Å². The van der Waals surface area contributed by atoms with Crippen molar-refractivity contribution in [3.05, 3.63) is 53.9 Å². The molecule has 1 aliphatic heterocycles. The van der Waals surface area contributed by atoms with Gasteiger partial charge in [-0.3, -0.25) is 4.79 Å². The third-order valence-corrected chi connectivity index (χ3v) is 7.38. The Morgan fingerprint density at radius 3 is 2.57 bits per heavy atom. The van der Waals surface area contributed by atoms with Gasteiger partial charge in [0.25, 0.3) is 5.91 Å². The second-order valence-electron chi connectivity index (χ2n) is 7.56. The number of carbonyl (C=O) groups is 1. The SMILES string of the molecule is O=C(C[n+]1ccc2c(c1)CCCC2)Nc1cccc(S(=O)(=O)N2CCCC2)c1. The number of hydrogen-bond donors (Lipinski definition) is 1. The van der Waals surface area contributed by atoms with Gasteiger partial charge in [0.05, 0.1) is 4.90 Å². The van der Waals surface area contributed by atoms with Crippen LogP contribution in [0, 0.1) is 0 Å². The Morgan fingerprint density at radius 2 is 1.79 bits per heavy atom. The lowest BCUT2D eigenvalue weighted by Gasteiger charge is -2.16. The van der Waals surface area contributed by atoms with Gasteiger partial charge in [-0.2, -0.15) is 8.87 Å². The molecule has 0 atom stereocenters. The lowest BCUT2D eigenvalue weighted by molar-refractivity contribution is -0.684. The maximum absolute atomic E-state index is 12.7. The largest absolute Gasteiger partial charge is 0.321 e. The molecule has 0 unspecified atom stereocenters. The average molecular weight is 401 g/mol. The highest BCUT2D eigenvalue weighted by Gasteiger charge is 2.27. The van der Waals surface area contributed by atoms with Crippen LogP contribution in [0.2, 0.25) is 0 Å². The molecule has 0 bridgehead atoms. The highest BCUT2D eigenvalue weighted by molar-refractivity contribution is 7.89. The lowest BCUT2D eigenvalue weighted by Crippen LogP contribution is -2.40. The first-order valence-corrected chi connectivity index (χ1v) is 11.4. The van der Waals surface area contributed by atoms with Crippen LogP contribution < -0.4 is 9.88 Å². The molecule has 148 valence electrons. The van der Waals surface area contributed by atoms with Crippen molar-refractivity contribution in [2.75, 3.05) is 18.4 Å². The summed E-state index contributed by atoms with van der Waals surface area (Å²) >= 11 is 0. The molecule has 2 aromatic rings. The fraction of sp³-hybridized carbons (Fsp3) is 0.429. The number of sulfonamides is 1. The van der Waals surface area contributed by atoms with Gasteiger partial charge in [0.15, 0.2) is 12.4 Å². The lowest BCUT2D eigenvalue weighted by atomic mass is 9.93. The summed E-state index contributed by atoms with van der Waals surface area (Å²) in [6.07, 6.45) is 10.4. The molecule has 1 N–H and O–H groups in total. The Hall–Kier alpha value is -2.25. The first-order chi connectivity index (χ1) is 13.5. The number of pyridine rings is 1. The minimum Gasteiger partial charge on any atom is -0.321 e. The molecule has 28 heavy (non-hydrogen) atoms. The van der Waals surface area contributed by atoms with E-state index in [0.717, 1.165) is 25.7 Å². The van der Waals surface area contributed by atoms with E-state index in [1.54, 1.807) is 24.3 Å². The maximum atomic E-state index is 12.7. The van der Waals surface area contributed by atoms with Gasteiger partial charge in [0.2, 0.25) is 16.6 Å². The van der Waals surface area contributed by atoms with Gasteiger partial charge in [-0.15, -0.1) is 0 Å². The number of hydrogen-bond acceptors (Lipinski definition) is 3. The Bertz CT molecular complexity index is 982. The van der Waals surface area contributed by atoms with Crippen molar-refractivity contribution in [3.8, 4) is 0 Å². The second kappa shape index (κ2) is 8.01. The summed E-state index contributed by atoms with van der Waals surface area (Å²) in [6, 6.07) is 8.62. The molecule has 0 saturated carbocycles.